The first kappa shape index (κ1) is 16.0. The fourth-order valence-corrected chi connectivity index (χ4v) is 2.92. The van der Waals surface area contributed by atoms with Crippen molar-refractivity contribution in [2.75, 3.05) is 44.3 Å². The van der Waals surface area contributed by atoms with E-state index in [0.717, 1.165) is 18.8 Å². The molecule has 2 atom stereocenters. The Kier molecular flexibility index (Phi) is 4.97. The number of carbonyl (C=O) groups excluding carboxylic acids is 1. The zero-order valence-electron chi connectivity index (χ0n) is 13.0. The van der Waals surface area contributed by atoms with Gasteiger partial charge in [-0.1, -0.05) is 0 Å². The summed E-state index contributed by atoms with van der Waals surface area (Å²) in [6, 6.07) is 5.27. The second-order valence-corrected chi connectivity index (χ2v) is 5.81. The molecule has 0 spiro atoms. The summed E-state index contributed by atoms with van der Waals surface area (Å²) < 4.78 is 25.2. The predicted molar refractivity (Wildman–Crippen MR) is 84.8 cm³/mol. The molecule has 126 valence electrons. The van der Waals surface area contributed by atoms with Crippen LogP contribution in [0.5, 0.6) is 5.75 Å². The Morgan fingerprint density at radius 1 is 1.39 bits per heavy atom. The van der Waals surface area contributed by atoms with Crippen LogP contribution in [0.4, 0.5) is 10.1 Å². The van der Waals surface area contributed by atoms with E-state index in [1.807, 2.05) is 6.07 Å². The van der Waals surface area contributed by atoms with E-state index in [9.17, 15) is 9.18 Å². The number of nitrogens with one attached hydrogen (secondary N) is 1. The number of primary amides is 1. The van der Waals surface area contributed by atoms with Crippen LogP contribution in [-0.4, -0.2) is 57.6 Å². The number of ether oxygens (including phenoxy) is 2. The first-order chi connectivity index (χ1) is 11.1. The molecule has 0 saturated carbocycles. The molecule has 23 heavy (non-hydrogen) atoms. The maximum absolute atomic E-state index is 14.0. The summed E-state index contributed by atoms with van der Waals surface area (Å²) in [6.45, 7) is 3.83. The predicted octanol–water partition coefficient (Wildman–Crippen LogP) is 0.701. The van der Waals surface area contributed by atoms with Gasteiger partial charge in [0.25, 0.3) is 5.91 Å². The van der Waals surface area contributed by atoms with Gasteiger partial charge >= 0.3 is 0 Å². The number of rotatable bonds is 4. The molecule has 0 bridgehead atoms. The first-order valence-corrected chi connectivity index (χ1v) is 7.93. The standard InChI is InChI=1S/C16H22FN3O3/c17-13-10-19-4-3-14(13)23-15-9-11(1-2-12(15)16(18)21)20-5-7-22-8-6-20/h1-2,9,13-14,19H,3-8,10H2,(H2,18,21)/t13-,14+/m0/s1. The highest BCUT2D eigenvalue weighted by molar-refractivity contribution is 5.96. The second kappa shape index (κ2) is 7.14. The molecule has 0 aromatic heterocycles. The first-order valence-electron chi connectivity index (χ1n) is 7.93. The molecule has 3 rings (SSSR count). The lowest BCUT2D eigenvalue weighted by atomic mass is 10.1. The Morgan fingerprint density at radius 2 is 2.17 bits per heavy atom. The minimum atomic E-state index is -1.10. The van der Waals surface area contributed by atoms with Crippen LogP contribution in [0, 0.1) is 0 Å². The number of halogens is 1. The van der Waals surface area contributed by atoms with Crippen LogP contribution in [0.15, 0.2) is 18.2 Å². The zero-order chi connectivity index (χ0) is 16.2. The number of morpholine rings is 1. The number of hydrogen-bond acceptors (Lipinski definition) is 5. The molecule has 3 N–H and O–H groups in total. The number of nitrogens with two attached hydrogens (primary N) is 1. The van der Waals surface area contributed by atoms with Gasteiger partial charge in [-0.15, -0.1) is 0 Å². The number of carbonyl (C=O) groups is 1. The number of piperidine rings is 1. The van der Waals surface area contributed by atoms with Gasteiger partial charge in [-0.2, -0.15) is 0 Å². The van der Waals surface area contributed by atoms with E-state index >= 15 is 0 Å². The van der Waals surface area contributed by atoms with Crippen LogP contribution in [0.1, 0.15) is 16.8 Å². The highest BCUT2D eigenvalue weighted by atomic mass is 19.1. The average Bonchev–Trinajstić information content (AvgIpc) is 2.57. The third kappa shape index (κ3) is 3.73. The summed E-state index contributed by atoms with van der Waals surface area (Å²) in [4.78, 5) is 13.8. The summed E-state index contributed by atoms with van der Waals surface area (Å²) in [5.74, 6) is -0.214. The van der Waals surface area contributed by atoms with Gasteiger partial charge < -0.3 is 25.4 Å². The molecule has 0 radical (unpaired) electrons. The number of benzene rings is 1. The van der Waals surface area contributed by atoms with Crippen LogP contribution >= 0.6 is 0 Å². The summed E-state index contributed by atoms with van der Waals surface area (Å²) in [6.07, 6.45) is -1.10. The molecular weight excluding hydrogens is 301 g/mol. The van der Waals surface area contributed by atoms with Crippen LogP contribution in [0.3, 0.4) is 0 Å². The average molecular weight is 323 g/mol. The van der Waals surface area contributed by atoms with E-state index in [0.29, 0.717) is 31.9 Å². The number of amides is 1. The number of nitrogens with zero attached hydrogens (tertiary/aromatic N) is 1. The molecule has 1 amide bonds. The summed E-state index contributed by atoms with van der Waals surface area (Å²) >= 11 is 0. The lowest BCUT2D eigenvalue weighted by Gasteiger charge is -2.31. The fourth-order valence-electron chi connectivity index (χ4n) is 2.92. The van der Waals surface area contributed by atoms with Crippen molar-refractivity contribution < 1.29 is 18.7 Å². The fraction of sp³-hybridized carbons (Fsp3) is 0.562. The molecule has 0 aliphatic carbocycles. The van der Waals surface area contributed by atoms with Crippen LogP contribution < -0.4 is 20.7 Å². The Hall–Kier alpha value is -1.86. The van der Waals surface area contributed by atoms with E-state index in [-0.39, 0.29) is 12.1 Å². The molecule has 7 heteroatoms. The van der Waals surface area contributed by atoms with Crippen LogP contribution in [-0.2, 0) is 4.74 Å². The Labute approximate surface area is 134 Å². The second-order valence-electron chi connectivity index (χ2n) is 5.81. The lowest BCUT2D eigenvalue weighted by Crippen LogP contribution is -2.44. The number of anilines is 1. The van der Waals surface area contributed by atoms with Crippen molar-refractivity contribution >= 4 is 11.6 Å². The van der Waals surface area contributed by atoms with Crippen molar-refractivity contribution in [3.63, 3.8) is 0 Å². The molecule has 6 nitrogen and oxygen atoms in total. The summed E-state index contributed by atoms with van der Waals surface area (Å²) in [7, 11) is 0. The minimum Gasteiger partial charge on any atom is -0.486 e. The van der Waals surface area contributed by atoms with Gasteiger partial charge in [0, 0.05) is 31.4 Å². The number of alkyl halides is 1. The Bertz CT molecular complexity index is 564. The quantitative estimate of drug-likeness (QED) is 0.853. The van der Waals surface area contributed by atoms with E-state index < -0.39 is 18.2 Å². The van der Waals surface area contributed by atoms with E-state index in [2.05, 4.69) is 10.2 Å². The molecular formula is C16H22FN3O3. The maximum atomic E-state index is 14.0. The minimum absolute atomic E-state index is 0.264. The summed E-state index contributed by atoms with van der Waals surface area (Å²) in [5, 5.41) is 2.98. The molecule has 2 saturated heterocycles. The highest BCUT2D eigenvalue weighted by Crippen LogP contribution is 2.29. The van der Waals surface area contributed by atoms with Crippen molar-refractivity contribution in [2.24, 2.45) is 5.73 Å². The van der Waals surface area contributed by atoms with Gasteiger partial charge in [0.1, 0.15) is 18.0 Å². The molecule has 1 aromatic rings. The van der Waals surface area contributed by atoms with Crippen molar-refractivity contribution in [1.29, 1.82) is 0 Å². The van der Waals surface area contributed by atoms with E-state index in [1.165, 1.54) is 0 Å². The molecule has 2 fully saturated rings. The normalized spacial score (nSPS) is 25.2. The van der Waals surface area contributed by atoms with Gasteiger partial charge in [-0.25, -0.2) is 4.39 Å². The molecule has 2 heterocycles. The number of hydrogen-bond donors (Lipinski definition) is 2. The third-order valence-electron chi connectivity index (χ3n) is 4.23. The molecule has 2 aliphatic heterocycles. The monoisotopic (exact) mass is 323 g/mol. The van der Waals surface area contributed by atoms with Gasteiger partial charge in [0.2, 0.25) is 0 Å². The van der Waals surface area contributed by atoms with Gasteiger partial charge in [0.15, 0.2) is 0 Å². The van der Waals surface area contributed by atoms with Crippen LogP contribution in [0.2, 0.25) is 0 Å². The zero-order valence-corrected chi connectivity index (χ0v) is 13.0. The van der Waals surface area contributed by atoms with Gasteiger partial charge in [-0.05, 0) is 25.1 Å². The van der Waals surface area contributed by atoms with E-state index in [1.54, 1.807) is 12.1 Å². The van der Waals surface area contributed by atoms with Crippen molar-refractivity contribution in [1.82, 2.24) is 5.32 Å². The Morgan fingerprint density at radius 3 is 2.87 bits per heavy atom. The van der Waals surface area contributed by atoms with E-state index in [4.69, 9.17) is 15.2 Å². The molecule has 2 aliphatic rings. The highest BCUT2D eigenvalue weighted by Gasteiger charge is 2.28. The van der Waals surface area contributed by atoms with Gasteiger partial charge in [0.05, 0.1) is 18.8 Å². The Balaban J connectivity index is 1.83. The van der Waals surface area contributed by atoms with Gasteiger partial charge in [-0.3, -0.25) is 4.79 Å². The van der Waals surface area contributed by atoms with Crippen molar-refractivity contribution in [2.45, 2.75) is 18.7 Å². The maximum Gasteiger partial charge on any atom is 0.252 e. The lowest BCUT2D eigenvalue weighted by molar-refractivity contribution is 0.0713. The molecule has 1 aromatic carbocycles. The SMILES string of the molecule is NC(=O)c1ccc(N2CCOCC2)cc1O[C@@H]1CCNC[C@@H]1F. The van der Waals surface area contributed by atoms with Crippen LogP contribution in [0.25, 0.3) is 0 Å². The topological polar surface area (TPSA) is 76.8 Å². The van der Waals surface area contributed by atoms with Crippen molar-refractivity contribution in [3.05, 3.63) is 23.8 Å². The third-order valence-corrected chi connectivity index (χ3v) is 4.23. The smallest absolute Gasteiger partial charge is 0.252 e. The summed E-state index contributed by atoms with van der Waals surface area (Å²) in [5.41, 5.74) is 6.64. The molecule has 0 unspecified atom stereocenters. The largest absolute Gasteiger partial charge is 0.486 e. The van der Waals surface area contributed by atoms with Crippen molar-refractivity contribution in [3.8, 4) is 5.75 Å².